The average Bonchev–Trinajstić information content (AvgIpc) is 2.46. The second-order valence-electron chi connectivity index (χ2n) is 5.35. The second-order valence-corrected chi connectivity index (χ2v) is 5.35. The number of hydrogen-bond donors (Lipinski definition) is 1. The van der Waals surface area contributed by atoms with Gasteiger partial charge in [-0.2, -0.15) is 0 Å². The zero-order valence-corrected chi connectivity index (χ0v) is 10.2. The fourth-order valence-corrected chi connectivity index (χ4v) is 2.78. The molecule has 1 aromatic rings. The van der Waals surface area contributed by atoms with Crippen molar-refractivity contribution in [1.29, 1.82) is 0 Å². The van der Waals surface area contributed by atoms with E-state index in [-0.39, 0.29) is 5.54 Å². The Morgan fingerprint density at radius 1 is 1.27 bits per heavy atom. The zero-order valence-electron chi connectivity index (χ0n) is 10.2. The molecule has 1 unspecified atom stereocenters. The summed E-state index contributed by atoms with van der Waals surface area (Å²) in [5.74, 6) is 0.665. The summed E-state index contributed by atoms with van der Waals surface area (Å²) in [7, 11) is 0. The normalized spacial score (nSPS) is 24.4. The van der Waals surface area contributed by atoms with E-state index in [0.717, 1.165) is 6.54 Å². The maximum Gasteiger partial charge on any atom is 0.0194 e. The van der Waals surface area contributed by atoms with Crippen LogP contribution in [-0.2, 0) is 0 Å². The Morgan fingerprint density at radius 3 is 2.53 bits per heavy atom. The fourth-order valence-electron chi connectivity index (χ4n) is 2.78. The maximum atomic E-state index is 3.59. The highest BCUT2D eigenvalue weighted by Gasteiger charge is 2.35. The third-order valence-electron chi connectivity index (χ3n) is 3.69. The van der Waals surface area contributed by atoms with E-state index in [4.69, 9.17) is 0 Å². The summed E-state index contributed by atoms with van der Waals surface area (Å²) < 4.78 is 0. The quantitative estimate of drug-likeness (QED) is 0.739. The van der Waals surface area contributed by atoms with Gasteiger partial charge in [0.05, 0.1) is 0 Å². The first-order valence-corrected chi connectivity index (χ1v) is 5.83. The van der Waals surface area contributed by atoms with Gasteiger partial charge < -0.3 is 5.32 Å². The van der Waals surface area contributed by atoms with E-state index in [9.17, 15) is 0 Å². The average molecular weight is 203 g/mol. The van der Waals surface area contributed by atoms with Gasteiger partial charge in [-0.25, -0.2) is 0 Å². The summed E-state index contributed by atoms with van der Waals surface area (Å²) in [6, 6.07) is 6.84. The fraction of sp³-hybridized carbons (Fsp3) is 0.571. The van der Waals surface area contributed by atoms with E-state index in [1.54, 1.807) is 0 Å². The van der Waals surface area contributed by atoms with Crippen molar-refractivity contribution >= 4 is 0 Å². The van der Waals surface area contributed by atoms with E-state index in [2.05, 4.69) is 51.2 Å². The van der Waals surface area contributed by atoms with E-state index >= 15 is 0 Å². The van der Waals surface area contributed by atoms with E-state index in [1.165, 1.54) is 23.1 Å². The van der Waals surface area contributed by atoms with Crippen LogP contribution in [0.5, 0.6) is 0 Å². The Balaban J connectivity index is 2.37. The first kappa shape index (κ1) is 10.7. The summed E-state index contributed by atoms with van der Waals surface area (Å²) in [6.45, 7) is 10.2. The van der Waals surface area contributed by atoms with Gasteiger partial charge in [0.15, 0.2) is 0 Å². The Labute approximate surface area is 92.9 Å². The molecule has 1 heterocycles. The molecule has 15 heavy (non-hydrogen) atoms. The summed E-state index contributed by atoms with van der Waals surface area (Å²) in [5, 5.41) is 3.59. The minimum absolute atomic E-state index is 0.250. The van der Waals surface area contributed by atoms with Crippen LogP contribution < -0.4 is 5.32 Å². The highest BCUT2D eigenvalue weighted by Crippen LogP contribution is 2.36. The number of aryl methyl sites for hydroxylation is 2. The van der Waals surface area contributed by atoms with E-state index < -0.39 is 0 Å². The molecule has 0 bridgehead atoms. The van der Waals surface area contributed by atoms with Crippen molar-refractivity contribution < 1.29 is 0 Å². The van der Waals surface area contributed by atoms with Gasteiger partial charge in [-0.1, -0.05) is 23.8 Å². The van der Waals surface area contributed by atoms with Gasteiger partial charge in [0.2, 0.25) is 0 Å². The van der Waals surface area contributed by atoms with Crippen LogP contribution in [0, 0.1) is 13.8 Å². The zero-order chi connectivity index (χ0) is 11.1. The van der Waals surface area contributed by atoms with E-state index in [0.29, 0.717) is 5.92 Å². The molecular formula is C14H21N. The van der Waals surface area contributed by atoms with Crippen molar-refractivity contribution in [3.8, 4) is 0 Å². The molecule has 1 aliphatic rings. The van der Waals surface area contributed by atoms with Crippen LogP contribution in [-0.4, -0.2) is 12.1 Å². The third-order valence-corrected chi connectivity index (χ3v) is 3.69. The van der Waals surface area contributed by atoms with Crippen LogP contribution in [0.1, 0.15) is 42.9 Å². The summed E-state index contributed by atoms with van der Waals surface area (Å²) in [6.07, 6.45) is 1.26. The van der Waals surface area contributed by atoms with Gasteiger partial charge in [0.1, 0.15) is 0 Å². The van der Waals surface area contributed by atoms with Gasteiger partial charge in [-0.05, 0) is 51.8 Å². The largest absolute Gasteiger partial charge is 0.311 e. The number of nitrogens with one attached hydrogen (secondary N) is 1. The molecule has 1 N–H and O–H groups in total. The number of benzene rings is 1. The van der Waals surface area contributed by atoms with Crippen LogP contribution in [0.4, 0.5) is 0 Å². The van der Waals surface area contributed by atoms with Crippen molar-refractivity contribution in [2.75, 3.05) is 6.54 Å². The first-order valence-electron chi connectivity index (χ1n) is 5.83. The van der Waals surface area contributed by atoms with Gasteiger partial charge in [-0.3, -0.25) is 0 Å². The molecule has 1 aliphatic heterocycles. The molecule has 0 saturated carbocycles. The molecule has 1 heteroatoms. The molecule has 1 nitrogen and oxygen atoms in total. The molecule has 82 valence electrons. The van der Waals surface area contributed by atoms with Crippen molar-refractivity contribution in [2.24, 2.45) is 0 Å². The first-order chi connectivity index (χ1) is 7.00. The van der Waals surface area contributed by atoms with Gasteiger partial charge >= 0.3 is 0 Å². The van der Waals surface area contributed by atoms with Gasteiger partial charge in [-0.15, -0.1) is 0 Å². The van der Waals surface area contributed by atoms with Crippen molar-refractivity contribution in [3.63, 3.8) is 0 Å². The monoisotopic (exact) mass is 203 g/mol. The van der Waals surface area contributed by atoms with Gasteiger partial charge in [0.25, 0.3) is 0 Å². The third kappa shape index (κ3) is 1.93. The minimum Gasteiger partial charge on any atom is -0.311 e. The number of hydrogen-bond acceptors (Lipinski definition) is 1. The molecule has 1 fully saturated rings. The van der Waals surface area contributed by atoms with Crippen LogP contribution >= 0.6 is 0 Å². The highest BCUT2D eigenvalue weighted by molar-refractivity contribution is 5.35. The smallest absolute Gasteiger partial charge is 0.0194 e. The lowest BCUT2D eigenvalue weighted by Crippen LogP contribution is -2.37. The molecular weight excluding hydrogens is 182 g/mol. The minimum atomic E-state index is 0.250. The lowest BCUT2D eigenvalue weighted by atomic mass is 9.81. The second kappa shape index (κ2) is 3.64. The van der Waals surface area contributed by atoms with E-state index in [1.807, 2.05) is 0 Å². The standard InChI is InChI=1S/C14H21N/c1-10-5-6-12(11(2)9-10)13-7-8-15-14(13,3)4/h5-6,9,13,15H,7-8H2,1-4H3. The van der Waals surface area contributed by atoms with Crippen LogP contribution in [0.15, 0.2) is 18.2 Å². The molecule has 0 radical (unpaired) electrons. The summed E-state index contributed by atoms with van der Waals surface area (Å²) in [4.78, 5) is 0. The van der Waals surface area contributed by atoms with Crippen molar-refractivity contribution in [1.82, 2.24) is 5.32 Å². The lowest BCUT2D eigenvalue weighted by Gasteiger charge is -2.28. The van der Waals surface area contributed by atoms with Crippen molar-refractivity contribution in [3.05, 3.63) is 34.9 Å². The van der Waals surface area contributed by atoms with Crippen LogP contribution in [0.2, 0.25) is 0 Å². The Bertz CT molecular complexity index is 366. The molecule has 1 saturated heterocycles. The molecule has 0 aromatic heterocycles. The summed E-state index contributed by atoms with van der Waals surface area (Å²) >= 11 is 0. The Hall–Kier alpha value is -0.820. The molecule has 1 atom stereocenters. The predicted octanol–water partition coefficient (Wildman–Crippen LogP) is 3.16. The Kier molecular flexibility index (Phi) is 2.59. The van der Waals surface area contributed by atoms with Crippen molar-refractivity contribution in [2.45, 2.75) is 45.6 Å². The lowest BCUT2D eigenvalue weighted by molar-refractivity contribution is 0.410. The topological polar surface area (TPSA) is 12.0 Å². The number of rotatable bonds is 1. The maximum absolute atomic E-state index is 3.59. The molecule has 0 spiro atoms. The highest BCUT2D eigenvalue weighted by atomic mass is 15.0. The summed E-state index contributed by atoms with van der Waals surface area (Å²) in [5.41, 5.74) is 4.58. The SMILES string of the molecule is Cc1ccc(C2CCNC2(C)C)c(C)c1. The molecule has 0 aliphatic carbocycles. The predicted molar refractivity (Wildman–Crippen MR) is 65.4 cm³/mol. The van der Waals surface area contributed by atoms with Crippen LogP contribution in [0.3, 0.4) is 0 Å². The molecule has 2 rings (SSSR count). The Morgan fingerprint density at radius 2 is 2.00 bits per heavy atom. The van der Waals surface area contributed by atoms with Crippen LogP contribution in [0.25, 0.3) is 0 Å². The molecule has 1 aromatic carbocycles. The molecule has 0 amide bonds. The van der Waals surface area contributed by atoms with Gasteiger partial charge in [0, 0.05) is 11.5 Å².